The lowest BCUT2D eigenvalue weighted by molar-refractivity contribution is 0.00753. The van der Waals surface area contributed by atoms with E-state index in [4.69, 9.17) is 0 Å². The van der Waals surface area contributed by atoms with Crippen LogP contribution in [-0.2, 0) is 0 Å². The van der Waals surface area contributed by atoms with Gasteiger partial charge in [-0.3, -0.25) is 0 Å². The third-order valence-corrected chi connectivity index (χ3v) is 6.14. The van der Waals surface area contributed by atoms with Crippen LogP contribution in [0.4, 0.5) is 5.69 Å². The number of rotatable bonds is 2. The number of hydrogen-bond acceptors (Lipinski definition) is 2. The molecule has 2 nitrogen and oxygen atoms in total. The zero-order valence-electron chi connectivity index (χ0n) is 11.5. The van der Waals surface area contributed by atoms with Crippen molar-refractivity contribution in [1.29, 1.82) is 5.26 Å². The molecule has 0 aromatic heterocycles. The molecule has 104 valence electrons. The number of nitrogens with zero attached hydrogens (tertiary/aromatic N) is 1. The molecular weight excluding hydrogens is 312 g/mol. The molecule has 5 rings (SSSR count). The Morgan fingerprint density at radius 2 is 1.70 bits per heavy atom. The van der Waals surface area contributed by atoms with Crippen molar-refractivity contribution in [2.24, 2.45) is 23.7 Å². The molecule has 0 spiro atoms. The van der Waals surface area contributed by atoms with Crippen molar-refractivity contribution >= 4 is 21.6 Å². The van der Waals surface area contributed by atoms with Crippen molar-refractivity contribution < 1.29 is 0 Å². The molecule has 1 aromatic rings. The van der Waals surface area contributed by atoms with E-state index in [0.29, 0.717) is 6.04 Å². The molecule has 4 saturated carbocycles. The third kappa shape index (κ3) is 2.05. The normalized spacial score (nSPS) is 37.7. The van der Waals surface area contributed by atoms with E-state index < -0.39 is 0 Å². The Labute approximate surface area is 128 Å². The number of benzene rings is 1. The smallest absolute Gasteiger partial charge is 0.101 e. The number of nitrogens with one attached hydrogen (secondary N) is 1. The minimum absolute atomic E-state index is 0.587. The predicted octanol–water partition coefficient (Wildman–Crippen LogP) is 4.56. The van der Waals surface area contributed by atoms with E-state index in [9.17, 15) is 5.26 Å². The second-order valence-electron chi connectivity index (χ2n) is 6.90. The van der Waals surface area contributed by atoms with Gasteiger partial charge in [0.25, 0.3) is 0 Å². The van der Waals surface area contributed by atoms with Gasteiger partial charge in [0.15, 0.2) is 0 Å². The predicted molar refractivity (Wildman–Crippen MR) is 83.3 cm³/mol. The monoisotopic (exact) mass is 330 g/mol. The number of anilines is 1. The van der Waals surface area contributed by atoms with Gasteiger partial charge in [0.05, 0.1) is 11.3 Å². The van der Waals surface area contributed by atoms with Gasteiger partial charge in [0.2, 0.25) is 0 Å². The lowest BCUT2D eigenvalue weighted by atomic mass is 9.54. The maximum absolute atomic E-state index is 9.29. The molecule has 0 unspecified atom stereocenters. The van der Waals surface area contributed by atoms with Crippen molar-refractivity contribution in [2.75, 3.05) is 5.32 Å². The summed E-state index contributed by atoms with van der Waals surface area (Å²) in [5, 5.41) is 13.0. The summed E-state index contributed by atoms with van der Waals surface area (Å²) in [5.74, 6) is 3.65. The Kier molecular flexibility index (Phi) is 3.03. The molecule has 0 radical (unpaired) electrons. The molecule has 4 aliphatic rings. The molecule has 0 atom stereocenters. The highest BCUT2D eigenvalue weighted by Gasteiger charge is 2.48. The van der Waals surface area contributed by atoms with Crippen LogP contribution in [0.3, 0.4) is 0 Å². The van der Waals surface area contributed by atoms with E-state index in [-0.39, 0.29) is 0 Å². The van der Waals surface area contributed by atoms with Crippen LogP contribution in [0.5, 0.6) is 0 Å². The summed E-state index contributed by atoms with van der Waals surface area (Å²) in [4.78, 5) is 0. The zero-order chi connectivity index (χ0) is 13.7. The van der Waals surface area contributed by atoms with Gasteiger partial charge in [0, 0.05) is 10.5 Å². The first-order valence-electron chi connectivity index (χ1n) is 7.69. The van der Waals surface area contributed by atoms with Gasteiger partial charge < -0.3 is 5.32 Å². The molecule has 4 bridgehead atoms. The molecule has 3 heteroatoms. The first kappa shape index (κ1) is 12.7. The highest BCUT2D eigenvalue weighted by atomic mass is 79.9. The fourth-order valence-electron chi connectivity index (χ4n) is 5.07. The fraction of sp³-hybridized carbons (Fsp3) is 0.588. The molecular formula is C17H19BrN2. The van der Waals surface area contributed by atoms with Crippen molar-refractivity contribution in [3.05, 3.63) is 28.2 Å². The second-order valence-corrected chi connectivity index (χ2v) is 7.82. The van der Waals surface area contributed by atoms with Gasteiger partial charge in [-0.15, -0.1) is 0 Å². The summed E-state index contributed by atoms with van der Waals surface area (Å²) in [6, 6.07) is 8.81. The topological polar surface area (TPSA) is 35.8 Å². The second kappa shape index (κ2) is 4.77. The highest BCUT2D eigenvalue weighted by Crippen LogP contribution is 2.54. The highest BCUT2D eigenvalue weighted by molar-refractivity contribution is 9.10. The molecule has 20 heavy (non-hydrogen) atoms. The van der Waals surface area contributed by atoms with Crippen LogP contribution >= 0.6 is 15.9 Å². The van der Waals surface area contributed by atoms with Crippen LogP contribution in [0.25, 0.3) is 0 Å². The SMILES string of the molecule is N#Cc1ccc(Br)cc1NC1C2CC3CC(C2)CC1C3. The first-order chi connectivity index (χ1) is 9.72. The molecule has 0 amide bonds. The van der Waals surface area contributed by atoms with E-state index in [1.54, 1.807) is 0 Å². The Hall–Kier alpha value is -1.01. The molecule has 1 aromatic carbocycles. The van der Waals surface area contributed by atoms with Gasteiger partial charge in [0.1, 0.15) is 6.07 Å². The Morgan fingerprint density at radius 1 is 1.05 bits per heavy atom. The standard InChI is InChI=1S/C17H19BrN2/c18-15-2-1-12(9-19)16(8-15)20-17-13-4-10-3-11(6-13)7-14(17)5-10/h1-2,8,10-11,13-14,17,20H,3-7H2. The molecule has 4 fully saturated rings. The van der Waals surface area contributed by atoms with Crippen LogP contribution in [0.15, 0.2) is 22.7 Å². The van der Waals surface area contributed by atoms with Gasteiger partial charge >= 0.3 is 0 Å². The first-order valence-corrected chi connectivity index (χ1v) is 8.48. The quantitative estimate of drug-likeness (QED) is 0.862. The maximum atomic E-state index is 9.29. The maximum Gasteiger partial charge on any atom is 0.101 e. The summed E-state index contributed by atoms with van der Waals surface area (Å²) in [7, 11) is 0. The molecule has 1 N–H and O–H groups in total. The number of halogens is 1. The summed E-state index contributed by atoms with van der Waals surface area (Å²) >= 11 is 3.52. The van der Waals surface area contributed by atoms with Crippen molar-refractivity contribution in [3.63, 3.8) is 0 Å². The van der Waals surface area contributed by atoms with Gasteiger partial charge in [-0.05, 0) is 74.0 Å². The minimum atomic E-state index is 0.587. The van der Waals surface area contributed by atoms with E-state index in [2.05, 4.69) is 33.4 Å². The zero-order valence-corrected chi connectivity index (χ0v) is 13.1. The van der Waals surface area contributed by atoms with Crippen LogP contribution in [0.1, 0.15) is 37.7 Å². The van der Waals surface area contributed by atoms with Crippen molar-refractivity contribution in [1.82, 2.24) is 0 Å². The number of nitriles is 1. The minimum Gasteiger partial charge on any atom is -0.381 e. The molecule has 0 heterocycles. The van der Waals surface area contributed by atoms with Crippen LogP contribution in [0, 0.1) is 35.0 Å². The van der Waals surface area contributed by atoms with Crippen molar-refractivity contribution in [2.45, 2.75) is 38.1 Å². The van der Waals surface area contributed by atoms with Crippen LogP contribution in [-0.4, -0.2) is 6.04 Å². The molecule has 0 saturated heterocycles. The van der Waals surface area contributed by atoms with Gasteiger partial charge in [-0.2, -0.15) is 5.26 Å². The Bertz CT molecular complexity index is 547. The van der Waals surface area contributed by atoms with E-state index in [0.717, 1.165) is 39.4 Å². The number of hydrogen-bond donors (Lipinski definition) is 1. The summed E-state index contributed by atoms with van der Waals surface area (Å²) in [6.07, 6.45) is 7.10. The average Bonchev–Trinajstić information content (AvgIpc) is 2.42. The van der Waals surface area contributed by atoms with E-state index in [1.165, 1.54) is 32.1 Å². The van der Waals surface area contributed by atoms with E-state index in [1.807, 2.05) is 12.1 Å². The lowest BCUT2D eigenvalue weighted by Gasteiger charge is -2.54. The van der Waals surface area contributed by atoms with Crippen LogP contribution < -0.4 is 5.32 Å². The largest absolute Gasteiger partial charge is 0.381 e. The van der Waals surface area contributed by atoms with Gasteiger partial charge in [-0.1, -0.05) is 15.9 Å². The summed E-state index contributed by atoms with van der Waals surface area (Å²) < 4.78 is 1.04. The Balaban J connectivity index is 1.61. The van der Waals surface area contributed by atoms with E-state index >= 15 is 0 Å². The fourth-order valence-corrected chi connectivity index (χ4v) is 5.43. The summed E-state index contributed by atoms with van der Waals surface area (Å²) in [6.45, 7) is 0. The molecule has 0 aliphatic heterocycles. The average molecular weight is 331 g/mol. The third-order valence-electron chi connectivity index (χ3n) is 5.65. The Morgan fingerprint density at radius 3 is 2.30 bits per heavy atom. The lowest BCUT2D eigenvalue weighted by Crippen LogP contribution is -2.51. The molecule has 4 aliphatic carbocycles. The van der Waals surface area contributed by atoms with Crippen molar-refractivity contribution in [3.8, 4) is 6.07 Å². The van der Waals surface area contributed by atoms with Gasteiger partial charge in [-0.25, -0.2) is 0 Å². The summed E-state index contributed by atoms with van der Waals surface area (Å²) in [5.41, 5.74) is 1.78. The van der Waals surface area contributed by atoms with Crippen LogP contribution in [0.2, 0.25) is 0 Å².